The first-order valence-electron chi connectivity index (χ1n) is 5.77. The van der Waals surface area contributed by atoms with E-state index in [1.54, 1.807) is 6.07 Å². The van der Waals surface area contributed by atoms with Crippen molar-refractivity contribution in [3.05, 3.63) is 34.1 Å². The van der Waals surface area contributed by atoms with Gasteiger partial charge in [0, 0.05) is 16.4 Å². The van der Waals surface area contributed by atoms with Crippen LogP contribution in [0.15, 0.2) is 22.7 Å². The number of Topliss-reactive ketones (excluding diaryl/α,β-unsaturated/α-hetero) is 1. The third-order valence-corrected chi connectivity index (χ3v) is 3.83. The molecule has 0 unspecified atom stereocenters. The molecule has 1 aromatic rings. The van der Waals surface area contributed by atoms with Crippen LogP contribution in [-0.4, -0.2) is 11.3 Å². The molecule has 0 aliphatic heterocycles. The fraction of sp³-hybridized carbons (Fsp3) is 0.462. The van der Waals surface area contributed by atoms with E-state index in [9.17, 15) is 9.18 Å². The summed E-state index contributed by atoms with van der Waals surface area (Å²) in [6.07, 6.45) is 4.07. The molecule has 92 valence electrons. The summed E-state index contributed by atoms with van der Waals surface area (Å²) in [6.45, 7) is 0. The number of hydrogen-bond donors (Lipinski definition) is 1. The molecule has 0 spiro atoms. The Bertz CT molecular complexity index is 441. The zero-order chi connectivity index (χ0) is 12.5. The molecule has 0 atom stereocenters. The van der Waals surface area contributed by atoms with E-state index in [0.29, 0.717) is 4.47 Å². The maximum absolute atomic E-state index is 13.5. The molecule has 0 amide bonds. The van der Waals surface area contributed by atoms with Gasteiger partial charge in [0.25, 0.3) is 0 Å². The second kappa shape index (κ2) is 4.86. The van der Waals surface area contributed by atoms with Gasteiger partial charge in [-0.1, -0.05) is 28.8 Å². The third-order valence-electron chi connectivity index (χ3n) is 3.34. The summed E-state index contributed by atoms with van der Waals surface area (Å²) >= 11 is 3.24. The number of hydrogen-bond acceptors (Lipinski definition) is 2. The summed E-state index contributed by atoms with van der Waals surface area (Å²) in [5.74, 6) is -0.673. The van der Waals surface area contributed by atoms with E-state index in [-0.39, 0.29) is 17.8 Å². The standard InChI is InChI=1S/C13H15BrFNO/c14-9-3-4-11(15)10(7-9)12(17)8-13(16)5-1-2-6-13/h3-4,7H,1-2,5-6,8,16H2. The van der Waals surface area contributed by atoms with Crippen LogP contribution in [0.4, 0.5) is 4.39 Å². The van der Waals surface area contributed by atoms with Gasteiger partial charge < -0.3 is 5.73 Å². The second-order valence-electron chi connectivity index (χ2n) is 4.79. The fourth-order valence-electron chi connectivity index (χ4n) is 2.38. The molecule has 1 aliphatic rings. The minimum atomic E-state index is -0.472. The molecule has 1 saturated carbocycles. The lowest BCUT2D eigenvalue weighted by Crippen LogP contribution is -2.38. The van der Waals surface area contributed by atoms with E-state index < -0.39 is 11.4 Å². The topological polar surface area (TPSA) is 43.1 Å². The van der Waals surface area contributed by atoms with Crippen LogP contribution in [0.1, 0.15) is 42.5 Å². The highest BCUT2D eigenvalue weighted by molar-refractivity contribution is 9.10. The lowest BCUT2D eigenvalue weighted by molar-refractivity contribution is 0.0948. The van der Waals surface area contributed by atoms with Crippen molar-refractivity contribution in [2.75, 3.05) is 0 Å². The Morgan fingerprint density at radius 1 is 1.41 bits per heavy atom. The second-order valence-corrected chi connectivity index (χ2v) is 5.71. The first-order chi connectivity index (χ1) is 8.00. The number of ketones is 1. The molecule has 0 radical (unpaired) electrons. The van der Waals surface area contributed by atoms with Gasteiger partial charge in [-0.2, -0.15) is 0 Å². The van der Waals surface area contributed by atoms with E-state index in [4.69, 9.17) is 5.73 Å². The Labute approximate surface area is 109 Å². The minimum Gasteiger partial charge on any atom is -0.325 e. The number of nitrogens with two attached hydrogens (primary N) is 1. The van der Waals surface area contributed by atoms with E-state index in [1.165, 1.54) is 12.1 Å². The first kappa shape index (κ1) is 12.7. The molecule has 2 nitrogen and oxygen atoms in total. The van der Waals surface area contributed by atoms with Crippen molar-refractivity contribution in [1.82, 2.24) is 0 Å². The van der Waals surface area contributed by atoms with Crippen LogP contribution < -0.4 is 5.73 Å². The normalized spacial score (nSPS) is 18.3. The van der Waals surface area contributed by atoms with Crippen molar-refractivity contribution in [3.63, 3.8) is 0 Å². The summed E-state index contributed by atoms with van der Waals surface area (Å²) in [4.78, 5) is 12.0. The smallest absolute Gasteiger partial charge is 0.167 e. The van der Waals surface area contributed by atoms with Gasteiger partial charge in [0.15, 0.2) is 5.78 Å². The lowest BCUT2D eigenvalue weighted by Gasteiger charge is -2.22. The van der Waals surface area contributed by atoms with Crippen LogP contribution >= 0.6 is 15.9 Å². The Balaban J connectivity index is 2.17. The Morgan fingerprint density at radius 2 is 2.06 bits per heavy atom. The number of benzene rings is 1. The van der Waals surface area contributed by atoms with Crippen LogP contribution in [0.25, 0.3) is 0 Å². The molecule has 1 aromatic carbocycles. The highest BCUT2D eigenvalue weighted by Crippen LogP contribution is 2.31. The van der Waals surface area contributed by atoms with Crippen molar-refractivity contribution in [1.29, 1.82) is 0 Å². The zero-order valence-electron chi connectivity index (χ0n) is 9.51. The molecule has 0 saturated heterocycles. The Morgan fingerprint density at radius 3 is 2.71 bits per heavy atom. The summed E-state index contributed by atoms with van der Waals surface area (Å²) in [7, 11) is 0. The van der Waals surface area contributed by atoms with Gasteiger partial charge in [0.05, 0.1) is 5.56 Å². The first-order valence-corrected chi connectivity index (χ1v) is 6.57. The molecule has 2 N–H and O–H groups in total. The van der Waals surface area contributed by atoms with E-state index in [0.717, 1.165) is 25.7 Å². The van der Waals surface area contributed by atoms with Gasteiger partial charge in [0.1, 0.15) is 5.82 Å². The summed E-state index contributed by atoms with van der Waals surface area (Å²) < 4.78 is 14.2. The Hall–Kier alpha value is -0.740. The van der Waals surface area contributed by atoms with Gasteiger partial charge in [-0.15, -0.1) is 0 Å². The minimum absolute atomic E-state index is 0.135. The highest BCUT2D eigenvalue weighted by Gasteiger charge is 2.32. The molecule has 4 heteroatoms. The maximum Gasteiger partial charge on any atom is 0.167 e. The predicted octanol–water partition coefficient (Wildman–Crippen LogP) is 3.43. The highest BCUT2D eigenvalue weighted by atomic mass is 79.9. The molecular formula is C13H15BrFNO. The fourth-order valence-corrected chi connectivity index (χ4v) is 2.74. The number of halogens is 2. The summed E-state index contributed by atoms with van der Waals surface area (Å²) in [6, 6.07) is 4.41. The van der Waals surface area contributed by atoms with Gasteiger partial charge in [-0.25, -0.2) is 4.39 Å². The zero-order valence-corrected chi connectivity index (χ0v) is 11.1. The van der Waals surface area contributed by atoms with Crippen LogP contribution in [0.3, 0.4) is 0 Å². The van der Waals surface area contributed by atoms with Crippen molar-refractivity contribution >= 4 is 21.7 Å². The largest absolute Gasteiger partial charge is 0.325 e. The van der Waals surface area contributed by atoms with Crippen LogP contribution in [-0.2, 0) is 0 Å². The summed E-state index contributed by atoms with van der Waals surface area (Å²) in [5, 5.41) is 0. The molecule has 0 bridgehead atoms. The molecule has 17 heavy (non-hydrogen) atoms. The third kappa shape index (κ3) is 2.93. The molecule has 1 aliphatic carbocycles. The molecular weight excluding hydrogens is 285 g/mol. The van der Waals surface area contributed by atoms with Gasteiger partial charge in [-0.3, -0.25) is 4.79 Å². The van der Waals surface area contributed by atoms with Crippen LogP contribution in [0, 0.1) is 5.82 Å². The quantitative estimate of drug-likeness (QED) is 0.869. The summed E-state index contributed by atoms with van der Waals surface area (Å²) in [5.41, 5.74) is 5.84. The van der Waals surface area contributed by atoms with Crippen molar-refractivity contribution in [2.45, 2.75) is 37.6 Å². The molecule has 0 aromatic heterocycles. The van der Waals surface area contributed by atoms with Crippen molar-refractivity contribution < 1.29 is 9.18 Å². The average molecular weight is 300 g/mol. The lowest BCUT2D eigenvalue weighted by atomic mass is 9.90. The van der Waals surface area contributed by atoms with E-state index >= 15 is 0 Å². The van der Waals surface area contributed by atoms with Crippen LogP contribution in [0.5, 0.6) is 0 Å². The Kier molecular flexibility index (Phi) is 3.64. The molecule has 1 fully saturated rings. The predicted molar refractivity (Wildman–Crippen MR) is 68.4 cm³/mol. The number of carbonyl (C=O) groups is 1. The van der Waals surface area contributed by atoms with Crippen molar-refractivity contribution in [2.24, 2.45) is 5.73 Å². The number of rotatable bonds is 3. The van der Waals surface area contributed by atoms with Crippen LogP contribution in [0.2, 0.25) is 0 Å². The van der Waals surface area contributed by atoms with Gasteiger partial charge >= 0.3 is 0 Å². The molecule has 2 rings (SSSR count). The van der Waals surface area contributed by atoms with Gasteiger partial charge in [-0.05, 0) is 31.0 Å². The SMILES string of the molecule is NC1(CC(=O)c2cc(Br)ccc2F)CCCC1. The van der Waals surface area contributed by atoms with Gasteiger partial charge in [0.2, 0.25) is 0 Å². The van der Waals surface area contributed by atoms with Crippen molar-refractivity contribution in [3.8, 4) is 0 Å². The van der Waals surface area contributed by atoms with E-state index in [1.807, 2.05) is 0 Å². The number of carbonyl (C=O) groups excluding carboxylic acids is 1. The van der Waals surface area contributed by atoms with E-state index in [2.05, 4.69) is 15.9 Å². The monoisotopic (exact) mass is 299 g/mol. The molecule has 0 heterocycles. The average Bonchev–Trinajstić information content (AvgIpc) is 2.68. The maximum atomic E-state index is 13.5.